The molecule has 0 atom stereocenters. The van der Waals surface area contributed by atoms with Gasteiger partial charge < -0.3 is 13.9 Å². The van der Waals surface area contributed by atoms with Crippen LogP contribution in [0.2, 0.25) is 0 Å². The normalized spacial score (nSPS) is 10.4. The van der Waals surface area contributed by atoms with E-state index in [1.807, 2.05) is 54.6 Å². The van der Waals surface area contributed by atoms with Gasteiger partial charge in [0, 0.05) is 5.56 Å². The first kappa shape index (κ1) is 19.2. The summed E-state index contributed by atoms with van der Waals surface area (Å²) in [6, 6.07) is 23.8. The van der Waals surface area contributed by atoms with Crippen molar-refractivity contribution in [2.75, 3.05) is 12.4 Å². The van der Waals surface area contributed by atoms with Crippen LogP contribution in [0.25, 0.3) is 0 Å². The number of methoxy groups -OCH3 is 1. The van der Waals surface area contributed by atoms with Crippen LogP contribution in [0.1, 0.15) is 21.8 Å². The van der Waals surface area contributed by atoms with Crippen LogP contribution in [0.15, 0.2) is 83.3 Å². The molecule has 0 spiro atoms. The Kier molecular flexibility index (Phi) is 5.70. The van der Waals surface area contributed by atoms with E-state index in [0.717, 1.165) is 11.3 Å². The van der Waals surface area contributed by atoms with Gasteiger partial charge in [0.25, 0.3) is 5.91 Å². The van der Waals surface area contributed by atoms with Gasteiger partial charge in [0.1, 0.15) is 17.2 Å². The van der Waals surface area contributed by atoms with Crippen molar-refractivity contribution in [1.29, 1.82) is 0 Å². The Balaban J connectivity index is 1.40. The number of benzene rings is 3. The second kappa shape index (κ2) is 8.91. The summed E-state index contributed by atoms with van der Waals surface area (Å²) in [5.74, 6) is 2.05. The number of hydrogen-bond acceptors (Lipinski definition) is 6. The van der Waals surface area contributed by atoms with E-state index in [0.29, 0.717) is 29.4 Å². The fraction of sp³-hybridized carbons (Fsp3) is 0.0870. The Hall–Kier alpha value is -4.13. The Morgan fingerprint density at radius 1 is 0.900 bits per heavy atom. The van der Waals surface area contributed by atoms with Gasteiger partial charge in [0.05, 0.1) is 13.5 Å². The number of rotatable bonds is 7. The maximum atomic E-state index is 12.5. The molecular weight excluding hydrogens is 382 g/mol. The number of hydrogen-bond donors (Lipinski definition) is 1. The molecule has 1 N–H and O–H groups in total. The molecule has 0 aliphatic carbocycles. The number of nitrogens with one attached hydrogen (secondary N) is 1. The van der Waals surface area contributed by atoms with E-state index in [1.54, 1.807) is 31.4 Å². The number of ether oxygens (including phenoxy) is 2. The lowest BCUT2D eigenvalue weighted by molar-refractivity contribution is 0.102. The van der Waals surface area contributed by atoms with Crippen LogP contribution < -0.4 is 14.8 Å². The standard InChI is InChI=1S/C23H19N3O4/c1-28-18-12-10-16(11-13-18)14-21-25-26-23(30-21)24-22(27)17-6-5-9-20(15-17)29-19-7-3-2-4-8-19/h2-13,15H,14H2,1H3,(H,24,26,27). The summed E-state index contributed by atoms with van der Waals surface area (Å²) in [5, 5.41) is 10.5. The van der Waals surface area contributed by atoms with Gasteiger partial charge in [-0.15, -0.1) is 5.10 Å². The summed E-state index contributed by atoms with van der Waals surface area (Å²) in [5.41, 5.74) is 1.40. The van der Waals surface area contributed by atoms with Gasteiger partial charge in [-0.3, -0.25) is 10.1 Å². The zero-order valence-electron chi connectivity index (χ0n) is 16.2. The maximum Gasteiger partial charge on any atom is 0.322 e. The first-order valence-electron chi connectivity index (χ1n) is 9.29. The molecule has 0 aliphatic heterocycles. The van der Waals surface area contributed by atoms with Gasteiger partial charge >= 0.3 is 6.01 Å². The number of para-hydroxylation sites is 1. The number of anilines is 1. The van der Waals surface area contributed by atoms with Crippen molar-refractivity contribution in [3.63, 3.8) is 0 Å². The highest BCUT2D eigenvalue weighted by molar-refractivity contribution is 6.03. The van der Waals surface area contributed by atoms with Crippen molar-refractivity contribution in [1.82, 2.24) is 10.2 Å². The van der Waals surface area contributed by atoms with Gasteiger partial charge in [0.15, 0.2) is 0 Å². The van der Waals surface area contributed by atoms with Crippen LogP contribution in [-0.2, 0) is 6.42 Å². The SMILES string of the molecule is COc1ccc(Cc2nnc(NC(=O)c3cccc(Oc4ccccc4)c3)o2)cc1. The number of nitrogens with zero attached hydrogens (tertiary/aromatic N) is 2. The Morgan fingerprint density at radius 3 is 2.43 bits per heavy atom. The molecule has 30 heavy (non-hydrogen) atoms. The van der Waals surface area contributed by atoms with Gasteiger partial charge in [-0.2, -0.15) is 0 Å². The Bertz CT molecular complexity index is 1120. The fourth-order valence-corrected chi connectivity index (χ4v) is 2.79. The van der Waals surface area contributed by atoms with Crippen molar-refractivity contribution < 1.29 is 18.7 Å². The van der Waals surface area contributed by atoms with E-state index < -0.39 is 0 Å². The average molecular weight is 401 g/mol. The zero-order chi connectivity index (χ0) is 20.8. The van der Waals surface area contributed by atoms with Crippen molar-refractivity contribution in [3.8, 4) is 17.2 Å². The summed E-state index contributed by atoms with van der Waals surface area (Å²) >= 11 is 0. The van der Waals surface area contributed by atoms with Crippen molar-refractivity contribution in [2.24, 2.45) is 0 Å². The molecule has 7 nitrogen and oxygen atoms in total. The van der Waals surface area contributed by atoms with Gasteiger partial charge in [0.2, 0.25) is 5.89 Å². The summed E-state index contributed by atoms with van der Waals surface area (Å²) in [4.78, 5) is 12.5. The minimum absolute atomic E-state index is 0.0397. The van der Waals surface area contributed by atoms with E-state index in [-0.39, 0.29) is 11.9 Å². The molecule has 0 unspecified atom stereocenters. The second-order valence-electron chi connectivity index (χ2n) is 6.42. The molecule has 150 valence electrons. The fourth-order valence-electron chi connectivity index (χ4n) is 2.79. The Morgan fingerprint density at radius 2 is 1.67 bits per heavy atom. The number of carbonyl (C=O) groups excluding carboxylic acids is 1. The molecule has 0 aliphatic rings. The predicted octanol–water partition coefficient (Wildman–Crippen LogP) is 4.71. The first-order chi connectivity index (χ1) is 14.7. The molecule has 4 aromatic rings. The molecule has 0 bridgehead atoms. The number of aromatic nitrogens is 2. The van der Waals surface area contributed by atoms with Gasteiger partial charge in [-0.1, -0.05) is 41.5 Å². The molecule has 0 fully saturated rings. The van der Waals surface area contributed by atoms with Crippen molar-refractivity contribution in [3.05, 3.63) is 95.9 Å². The quantitative estimate of drug-likeness (QED) is 0.482. The average Bonchev–Trinajstić information content (AvgIpc) is 3.22. The van der Waals surface area contributed by atoms with E-state index in [2.05, 4.69) is 15.5 Å². The lowest BCUT2D eigenvalue weighted by Crippen LogP contribution is -2.12. The molecular formula is C23H19N3O4. The van der Waals surface area contributed by atoms with Gasteiger partial charge in [-0.05, 0) is 48.0 Å². The molecule has 1 aromatic heterocycles. The molecule has 7 heteroatoms. The molecule has 4 rings (SSSR count). The molecule has 0 radical (unpaired) electrons. The molecule has 0 saturated carbocycles. The smallest absolute Gasteiger partial charge is 0.322 e. The van der Waals surface area contributed by atoms with Crippen LogP contribution in [0.3, 0.4) is 0 Å². The molecule has 3 aromatic carbocycles. The minimum Gasteiger partial charge on any atom is -0.497 e. The lowest BCUT2D eigenvalue weighted by atomic mass is 10.1. The molecule has 1 amide bonds. The van der Waals surface area contributed by atoms with E-state index in [9.17, 15) is 4.79 Å². The Labute approximate surface area is 173 Å². The maximum absolute atomic E-state index is 12.5. The largest absolute Gasteiger partial charge is 0.497 e. The third-order valence-corrected chi connectivity index (χ3v) is 4.28. The van der Waals surface area contributed by atoms with Crippen molar-refractivity contribution in [2.45, 2.75) is 6.42 Å². The zero-order valence-corrected chi connectivity index (χ0v) is 16.2. The summed E-state index contributed by atoms with van der Waals surface area (Å²) in [6.07, 6.45) is 0.452. The van der Waals surface area contributed by atoms with Crippen LogP contribution in [-0.4, -0.2) is 23.2 Å². The highest BCUT2D eigenvalue weighted by Gasteiger charge is 2.13. The number of amides is 1. The van der Waals surface area contributed by atoms with Crippen LogP contribution >= 0.6 is 0 Å². The van der Waals surface area contributed by atoms with Crippen LogP contribution in [0.4, 0.5) is 6.01 Å². The third-order valence-electron chi connectivity index (χ3n) is 4.28. The lowest BCUT2D eigenvalue weighted by Gasteiger charge is -2.07. The summed E-state index contributed by atoms with van der Waals surface area (Å²) in [6.45, 7) is 0. The summed E-state index contributed by atoms with van der Waals surface area (Å²) in [7, 11) is 1.62. The molecule has 1 heterocycles. The monoisotopic (exact) mass is 401 g/mol. The van der Waals surface area contributed by atoms with Gasteiger partial charge in [-0.25, -0.2) is 0 Å². The topological polar surface area (TPSA) is 86.5 Å². The first-order valence-corrected chi connectivity index (χ1v) is 9.29. The number of carbonyl (C=O) groups is 1. The highest BCUT2D eigenvalue weighted by atomic mass is 16.5. The van der Waals surface area contributed by atoms with E-state index in [4.69, 9.17) is 13.9 Å². The highest BCUT2D eigenvalue weighted by Crippen LogP contribution is 2.22. The third kappa shape index (κ3) is 4.82. The minimum atomic E-state index is -0.367. The summed E-state index contributed by atoms with van der Waals surface area (Å²) < 4.78 is 16.5. The second-order valence-corrected chi connectivity index (χ2v) is 6.42. The van der Waals surface area contributed by atoms with E-state index in [1.165, 1.54) is 0 Å². The van der Waals surface area contributed by atoms with E-state index >= 15 is 0 Å². The van der Waals surface area contributed by atoms with Crippen LogP contribution in [0, 0.1) is 0 Å². The molecule has 0 saturated heterocycles. The predicted molar refractivity (Wildman–Crippen MR) is 111 cm³/mol. The van der Waals surface area contributed by atoms with Crippen LogP contribution in [0.5, 0.6) is 17.2 Å². The van der Waals surface area contributed by atoms with Crippen molar-refractivity contribution >= 4 is 11.9 Å².